The van der Waals surface area contributed by atoms with Crippen LogP contribution in [0.4, 0.5) is 0 Å². The first kappa shape index (κ1) is 13.0. The van der Waals surface area contributed by atoms with Crippen LogP contribution in [0.1, 0.15) is 13.3 Å². The number of carbonyl (C=O) groups is 1. The zero-order valence-electron chi connectivity index (χ0n) is 9.45. The monoisotopic (exact) mass is 226 g/mol. The normalized spacial score (nSPS) is 26.1. The molecule has 90 valence electrons. The van der Waals surface area contributed by atoms with Gasteiger partial charge in [0.1, 0.15) is 5.60 Å². The average molecular weight is 226 g/mol. The zero-order chi connectivity index (χ0) is 12.0. The highest BCUT2D eigenvalue weighted by Crippen LogP contribution is 2.16. The van der Waals surface area contributed by atoms with Crippen molar-refractivity contribution in [3.05, 3.63) is 0 Å². The summed E-state index contributed by atoms with van der Waals surface area (Å²) in [5, 5.41) is 15.5. The molecule has 0 saturated carbocycles. The number of aliphatic hydroxyl groups is 1. The molecule has 2 unspecified atom stereocenters. The largest absolute Gasteiger partial charge is 0.386 e. The summed E-state index contributed by atoms with van der Waals surface area (Å²) in [6, 6.07) is -0.377. The summed E-state index contributed by atoms with van der Waals surface area (Å²) >= 11 is 0. The second kappa shape index (κ2) is 5.85. The maximum Gasteiger partial charge on any atom is 0.237 e. The fourth-order valence-corrected chi connectivity index (χ4v) is 1.46. The maximum atomic E-state index is 11.4. The molecule has 16 heavy (non-hydrogen) atoms. The Hall–Kier alpha value is -1.09. The van der Waals surface area contributed by atoms with Gasteiger partial charge in [-0.2, -0.15) is 0 Å². The molecule has 0 aromatic carbocycles. The number of terminal acetylenes is 1. The molecule has 3 N–H and O–H groups in total. The standard InChI is InChI=1S/C11H18N2O3/c1-3-5-12-10(14)9(2)13-7-11(15)4-6-16-8-11/h1,9,13,15H,4-8H2,2H3,(H,12,14). The molecule has 1 amide bonds. The van der Waals surface area contributed by atoms with Crippen molar-refractivity contribution >= 4 is 5.91 Å². The first-order valence-electron chi connectivity index (χ1n) is 5.32. The third-order valence-electron chi connectivity index (χ3n) is 2.58. The highest BCUT2D eigenvalue weighted by Gasteiger charge is 2.32. The first-order valence-corrected chi connectivity index (χ1v) is 5.32. The lowest BCUT2D eigenvalue weighted by Crippen LogP contribution is -2.49. The molecular formula is C11H18N2O3. The van der Waals surface area contributed by atoms with Gasteiger partial charge in [0, 0.05) is 19.6 Å². The van der Waals surface area contributed by atoms with Gasteiger partial charge in [0.2, 0.25) is 5.91 Å². The molecule has 0 aromatic rings. The summed E-state index contributed by atoms with van der Waals surface area (Å²) in [6.45, 7) is 3.18. The van der Waals surface area contributed by atoms with Crippen LogP contribution in [0, 0.1) is 12.3 Å². The number of carbonyl (C=O) groups excluding carboxylic acids is 1. The summed E-state index contributed by atoms with van der Waals surface area (Å²) in [5.74, 6) is 2.16. The van der Waals surface area contributed by atoms with E-state index in [9.17, 15) is 9.90 Å². The Morgan fingerprint density at radius 3 is 3.06 bits per heavy atom. The molecule has 1 fully saturated rings. The van der Waals surface area contributed by atoms with Gasteiger partial charge in [-0.25, -0.2) is 0 Å². The van der Waals surface area contributed by atoms with Gasteiger partial charge in [-0.15, -0.1) is 6.42 Å². The Kier molecular flexibility index (Phi) is 4.74. The van der Waals surface area contributed by atoms with Crippen LogP contribution < -0.4 is 10.6 Å². The minimum atomic E-state index is -0.847. The lowest BCUT2D eigenvalue weighted by atomic mass is 10.0. The number of nitrogens with one attached hydrogen (secondary N) is 2. The van der Waals surface area contributed by atoms with E-state index in [4.69, 9.17) is 11.2 Å². The van der Waals surface area contributed by atoms with E-state index < -0.39 is 5.60 Å². The smallest absolute Gasteiger partial charge is 0.237 e. The molecule has 0 aliphatic carbocycles. The predicted molar refractivity (Wildman–Crippen MR) is 59.7 cm³/mol. The van der Waals surface area contributed by atoms with Crippen molar-refractivity contribution in [3.8, 4) is 12.3 Å². The molecule has 5 heteroatoms. The van der Waals surface area contributed by atoms with Crippen molar-refractivity contribution in [2.75, 3.05) is 26.3 Å². The van der Waals surface area contributed by atoms with Gasteiger partial charge in [-0.1, -0.05) is 5.92 Å². The second-order valence-corrected chi connectivity index (χ2v) is 4.05. The van der Waals surface area contributed by atoms with Gasteiger partial charge in [0.15, 0.2) is 0 Å². The molecule has 1 aliphatic heterocycles. The van der Waals surface area contributed by atoms with Crippen LogP contribution in [-0.2, 0) is 9.53 Å². The third kappa shape index (κ3) is 3.81. The SMILES string of the molecule is C#CCNC(=O)C(C)NCC1(O)CCOC1. The van der Waals surface area contributed by atoms with Crippen LogP contribution in [0.3, 0.4) is 0 Å². The molecule has 1 rings (SSSR count). The van der Waals surface area contributed by atoms with E-state index in [2.05, 4.69) is 16.6 Å². The van der Waals surface area contributed by atoms with Crippen LogP contribution in [0.15, 0.2) is 0 Å². The molecule has 0 spiro atoms. The van der Waals surface area contributed by atoms with Crippen molar-refractivity contribution in [2.45, 2.75) is 25.0 Å². The molecule has 1 saturated heterocycles. The minimum Gasteiger partial charge on any atom is -0.386 e. The number of hydrogen-bond donors (Lipinski definition) is 3. The van der Waals surface area contributed by atoms with Crippen LogP contribution >= 0.6 is 0 Å². The van der Waals surface area contributed by atoms with Crippen molar-refractivity contribution in [2.24, 2.45) is 0 Å². The Labute approximate surface area is 95.6 Å². The van der Waals surface area contributed by atoms with E-state index >= 15 is 0 Å². The average Bonchev–Trinajstić information content (AvgIpc) is 2.70. The van der Waals surface area contributed by atoms with Gasteiger partial charge < -0.3 is 20.5 Å². The fraction of sp³-hybridized carbons (Fsp3) is 0.727. The van der Waals surface area contributed by atoms with Gasteiger partial charge in [-0.3, -0.25) is 4.79 Å². The molecule has 0 radical (unpaired) electrons. The Morgan fingerprint density at radius 2 is 2.50 bits per heavy atom. The van der Waals surface area contributed by atoms with Gasteiger partial charge in [-0.05, 0) is 6.92 Å². The lowest BCUT2D eigenvalue weighted by molar-refractivity contribution is -0.122. The van der Waals surface area contributed by atoms with Gasteiger partial charge in [0.25, 0.3) is 0 Å². The third-order valence-corrected chi connectivity index (χ3v) is 2.58. The van der Waals surface area contributed by atoms with Crippen LogP contribution in [0.5, 0.6) is 0 Å². The summed E-state index contributed by atoms with van der Waals surface area (Å²) < 4.78 is 5.10. The van der Waals surface area contributed by atoms with Gasteiger partial charge in [0.05, 0.1) is 19.2 Å². The van der Waals surface area contributed by atoms with Crippen molar-refractivity contribution in [1.29, 1.82) is 0 Å². The van der Waals surface area contributed by atoms with E-state index in [0.29, 0.717) is 26.2 Å². The maximum absolute atomic E-state index is 11.4. The summed E-state index contributed by atoms with van der Waals surface area (Å²) in [5.41, 5.74) is -0.847. The van der Waals surface area contributed by atoms with E-state index in [1.165, 1.54) is 0 Å². The van der Waals surface area contributed by atoms with Crippen molar-refractivity contribution < 1.29 is 14.6 Å². The minimum absolute atomic E-state index is 0.166. The Balaban J connectivity index is 2.26. The van der Waals surface area contributed by atoms with E-state index in [1.54, 1.807) is 6.92 Å². The Bertz CT molecular complexity index is 279. The molecular weight excluding hydrogens is 208 g/mol. The lowest BCUT2D eigenvalue weighted by Gasteiger charge is -2.23. The molecule has 2 atom stereocenters. The van der Waals surface area contributed by atoms with Gasteiger partial charge >= 0.3 is 0 Å². The van der Waals surface area contributed by atoms with E-state index in [-0.39, 0.29) is 18.5 Å². The number of hydrogen-bond acceptors (Lipinski definition) is 4. The highest BCUT2D eigenvalue weighted by atomic mass is 16.5. The molecule has 5 nitrogen and oxygen atoms in total. The molecule has 1 aliphatic rings. The summed E-state index contributed by atoms with van der Waals surface area (Å²) in [4.78, 5) is 11.4. The number of ether oxygens (including phenoxy) is 1. The van der Waals surface area contributed by atoms with E-state index in [0.717, 1.165) is 0 Å². The summed E-state index contributed by atoms with van der Waals surface area (Å²) in [6.07, 6.45) is 5.63. The van der Waals surface area contributed by atoms with E-state index in [1.807, 2.05) is 0 Å². The Morgan fingerprint density at radius 1 is 1.75 bits per heavy atom. The zero-order valence-corrected chi connectivity index (χ0v) is 9.45. The quantitative estimate of drug-likeness (QED) is 0.519. The highest BCUT2D eigenvalue weighted by molar-refractivity contribution is 5.81. The second-order valence-electron chi connectivity index (χ2n) is 4.05. The fourth-order valence-electron chi connectivity index (χ4n) is 1.46. The topological polar surface area (TPSA) is 70.6 Å². The molecule has 0 bridgehead atoms. The predicted octanol–water partition coefficient (Wildman–Crippen LogP) is -1.13. The van der Waals surface area contributed by atoms with Crippen LogP contribution in [-0.4, -0.2) is 49.0 Å². The van der Waals surface area contributed by atoms with Crippen molar-refractivity contribution in [1.82, 2.24) is 10.6 Å². The number of rotatable bonds is 5. The first-order chi connectivity index (χ1) is 7.57. The van der Waals surface area contributed by atoms with Crippen LogP contribution in [0.2, 0.25) is 0 Å². The number of amides is 1. The summed E-state index contributed by atoms with van der Waals surface area (Å²) in [7, 11) is 0. The molecule has 1 heterocycles. The molecule has 0 aromatic heterocycles. The van der Waals surface area contributed by atoms with Crippen LogP contribution in [0.25, 0.3) is 0 Å². The van der Waals surface area contributed by atoms with Crippen molar-refractivity contribution in [3.63, 3.8) is 0 Å².